The Balaban J connectivity index is 2.10. The predicted molar refractivity (Wildman–Crippen MR) is 69.9 cm³/mol. The lowest BCUT2D eigenvalue weighted by Crippen LogP contribution is -2.36. The molecule has 0 spiro atoms. The fourth-order valence-corrected chi connectivity index (χ4v) is 1.81. The molecule has 3 N–H and O–H groups in total. The number of anilines is 1. The lowest BCUT2D eigenvalue weighted by atomic mass is 10.1. The van der Waals surface area contributed by atoms with Gasteiger partial charge >= 0.3 is 0 Å². The molecule has 0 aliphatic rings. The molecule has 0 aliphatic carbocycles. The van der Waals surface area contributed by atoms with Crippen molar-refractivity contribution in [1.29, 1.82) is 0 Å². The van der Waals surface area contributed by atoms with E-state index in [1.807, 2.05) is 0 Å². The van der Waals surface area contributed by atoms with Crippen molar-refractivity contribution in [2.45, 2.75) is 19.5 Å². The number of nitrogens with one attached hydrogen (secondary N) is 1. The molecule has 5 nitrogen and oxygen atoms in total. The Labute approximate surface area is 114 Å². The summed E-state index contributed by atoms with van der Waals surface area (Å²) in [6, 6.07) is 3.44. The monoisotopic (exact) mass is 280 g/mol. The molecule has 106 valence electrons. The smallest absolute Gasteiger partial charge is 0.257 e. The van der Waals surface area contributed by atoms with Gasteiger partial charge in [0.1, 0.15) is 11.4 Å². The molecule has 2 aromatic rings. The molecule has 20 heavy (non-hydrogen) atoms. The Bertz CT molecular complexity index is 613. The molecule has 0 bridgehead atoms. The van der Waals surface area contributed by atoms with E-state index in [1.165, 1.54) is 0 Å². The second-order valence-corrected chi connectivity index (χ2v) is 4.43. The van der Waals surface area contributed by atoms with Gasteiger partial charge in [-0.3, -0.25) is 9.48 Å². The molecule has 0 fully saturated rings. The third-order valence-electron chi connectivity index (χ3n) is 2.75. The summed E-state index contributed by atoms with van der Waals surface area (Å²) in [6.07, 6.45) is 3.33. The zero-order valence-corrected chi connectivity index (χ0v) is 10.8. The molecule has 0 saturated carbocycles. The molecule has 2 rings (SSSR count). The predicted octanol–water partition coefficient (Wildman–Crippen LogP) is 1.56. The summed E-state index contributed by atoms with van der Waals surface area (Å²) in [4.78, 5) is 11.9. The fourth-order valence-electron chi connectivity index (χ4n) is 1.81. The molecular formula is C13H14F2N4O. The number of carbonyl (C=O) groups is 1. The van der Waals surface area contributed by atoms with Gasteiger partial charge in [-0.05, 0) is 25.1 Å². The largest absolute Gasteiger partial charge is 0.396 e. The van der Waals surface area contributed by atoms with Crippen molar-refractivity contribution in [3.8, 4) is 0 Å². The average Bonchev–Trinajstić information content (AvgIpc) is 2.87. The number of rotatable bonds is 4. The number of nitrogen functional groups attached to an aromatic ring is 1. The second-order valence-electron chi connectivity index (χ2n) is 4.43. The van der Waals surface area contributed by atoms with Gasteiger partial charge in [0.05, 0.1) is 12.2 Å². The van der Waals surface area contributed by atoms with Crippen LogP contribution in [0.15, 0.2) is 30.6 Å². The zero-order valence-electron chi connectivity index (χ0n) is 10.8. The van der Waals surface area contributed by atoms with Gasteiger partial charge in [0, 0.05) is 18.4 Å². The maximum atomic E-state index is 13.7. The van der Waals surface area contributed by atoms with Crippen molar-refractivity contribution in [3.63, 3.8) is 0 Å². The van der Waals surface area contributed by atoms with E-state index >= 15 is 0 Å². The number of benzene rings is 1. The molecule has 0 aliphatic heterocycles. The van der Waals surface area contributed by atoms with Gasteiger partial charge in [0.15, 0.2) is 5.82 Å². The minimum Gasteiger partial charge on any atom is -0.396 e. The first kappa shape index (κ1) is 14.0. The minimum atomic E-state index is -1.05. The first-order valence-corrected chi connectivity index (χ1v) is 6.01. The quantitative estimate of drug-likeness (QED) is 0.835. The van der Waals surface area contributed by atoms with Crippen molar-refractivity contribution >= 4 is 11.6 Å². The van der Waals surface area contributed by atoms with Crippen LogP contribution in [0.25, 0.3) is 0 Å². The number of nitrogens with two attached hydrogens (primary N) is 1. The van der Waals surface area contributed by atoms with Gasteiger partial charge in [-0.2, -0.15) is 5.10 Å². The Morgan fingerprint density at radius 2 is 2.25 bits per heavy atom. The van der Waals surface area contributed by atoms with Crippen LogP contribution in [0, 0.1) is 11.6 Å². The normalized spacial score (nSPS) is 12.2. The van der Waals surface area contributed by atoms with Crippen molar-refractivity contribution < 1.29 is 13.6 Å². The van der Waals surface area contributed by atoms with E-state index < -0.39 is 23.1 Å². The van der Waals surface area contributed by atoms with E-state index in [2.05, 4.69) is 10.4 Å². The number of carbonyl (C=O) groups excluding carboxylic acids is 1. The second kappa shape index (κ2) is 5.68. The van der Waals surface area contributed by atoms with Gasteiger partial charge < -0.3 is 11.1 Å². The SMILES string of the molecule is CC(Cn1cccn1)NC(=O)c1c(F)ccc(N)c1F. The van der Waals surface area contributed by atoms with Crippen LogP contribution in [0.3, 0.4) is 0 Å². The number of halogens is 2. The molecule has 1 unspecified atom stereocenters. The van der Waals surface area contributed by atoms with Gasteiger partial charge in [-0.15, -0.1) is 0 Å². The third-order valence-corrected chi connectivity index (χ3v) is 2.75. The van der Waals surface area contributed by atoms with Gasteiger partial charge in [-0.1, -0.05) is 0 Å². The maximum absolute atomic E-state index is 13.7. The van der Waals surface area contributed by atoms with E-state index in [4.69, 9.17) is 5.73 Å². The summed E-state index contributed by atoms with van der Waals surface area (Å²) in [5, 5.41) is 6.49. The number of hydrogen-bond acceptors (Lipinski definition) is 3. The van der Waals surface area contributed by atoms with Gasteiger partial charge in [0.25, 0.3) is 5.91 Å². The average molecular weight is 280 g/mol. The molecule has 0 radical (unpaired) electrons. The molecule has 7 heteroatoms. The summed E-state index contributed by atoms with van der Waals surface area (Å²) >= 11 is 0. The van der Waals surface area contributed by atoms with Crippen molar-refractivity contribution in [2.24, 2.45) is 0 Å². The Hall–Kier alpha value is -2.44. The first-order valence-electron chi connectivity index (χ1n) is 6.01. The highest BCUT2D eigenvalue weighted by Crippen LogP contribution is 2.18. The van der Waals surface area contributed by atoms with Crippen molar-refractivity contribution in [2.75, 3.05) is 5.73 Å². The van der Waals surface area contributed by atoms with Crippen LogP contribution in [0.1, 0.15) is 17.3 Å². The first-order chi connectivity index (χ1) is 9.49. The fraction of sp³-hybridized carbons (Fsp3) is 0.231. The van der Waals surface area contributed by atoms with Crippen LogP contribution >= 0.6 is 0 Å². The lowest BCUT2D eigenvalue weighted by Gasteiger charge is -2.15. The summed E-state index contributed by atoms with van der Waals surface area (Å²) in [7, 11) is 0. The van der Waals surface area contributed by atoms with E-state index in [-0.39, 0.29) is 11.7 Å². The van der Waals surface area contributed by atoms with Crippen LogP contribution in [-0.2, 0) is 6.54 Å². The number of amides is 1. The van der Waals surface area contributed by atoms with Gasteiger partial charge in [0.2, 0.25) is 0 Å². The van der Waals surface area contributed by atoms with Crippen LogP contribution < -0.4 is 11.1 Å². The lowest BCUT2D eigenvalue weighted by molar-refractivity contribution is 0.0927. The van der Waals surface area contributed by atoms with Crippen LogP contribution in [0.4, 0.5) is 14.5 Å². The van der Waals surface area contributed by atoms with Crippen LogP contribution in [0.2, 0.25) is 0 Å². The molecule has 1 aromatic heterocycles. The number of nitrogens with zero attached hydrogens (tertiary/aromatic N) is 2. The molecule has 0 saturated heterocycles. The zero-order chi connectivity index (χ0) is 14.7. The molecular weight excluding hydrogens is 266 g/mol. The minimum absolute atomic E-state index is 0.267. The van der Waals surface area contributed by atoms with Crippen LogP contribution in [0.5, 0.6) is 0 Å². The highest BCUT2D eigenvalue weighted by Gasteiger charge is 2.20. The molecule has 1 aromatic carbocycles. The Kier molecular flexibility index (Phi) is 3.97. The molecule has 1 heterocycles. The molecule has 1 amide bonds. The molecule has 1 atom stereocenters. The maximum Gasteiger partial charge on any atom is 0.257 e. The number of hydrogen-bond donors (Lipinski definition) is 2. The van der Waals surface area contributed by atoms with Gasteiger partial charge in [-0.25, -0.2) is 8.78 Å². The summed E-state index contributed by atoms with van der Waals surface area (Å²) in [5.74, 6) is -2.83. The van der Waals surface area contributed by atoms with E-state index in [0.29, 0.717) is 6.54 Å². The van der Waals surface area contributed by atoms with Crippen molar-refractivity contribution in [1.82, 2.24) is 15.1 Å². The topological polar surface area (TPSA) is 72.9 Å². The highest BCUT2D eigenvalue weighted by molar-refractivity contribution is 5.95. The Morgan fingerprint density at radius 1 is 1.50 bits per heavy atom. The van der Waals surface area contributed by atoms with Crippen LogP contribution in [-0.4, -0.2) is 21.7 Å². The Morgan fingerprint density at radius 3 is 2.90 bits per heavy atom. The summed E-state index contributed by atoms with van der Waals surface area (Å²) < 4.78 is 28.8. The summed E-state index contributed by atoms with van der Waals surface area (Å²) in [5.41, 5.74) is 4.40. The van der Waals surface area contributed by atoms with E-state index in [0.717, 1.165) is 12.1 Å². The third kappa shape index (κ3) is 2.93. The number of aromatic nitrogens is 2. The van der Waals surface area contributed by atoms with E-state index in [1.54, 1.807) is 30.1 Å². The highest BCUT2D eigenvalue weighted by atomic mass is 19.1. The van der Waals surface area contributed by atoms with E-state index in [9.17, 15) is 13.6 Å². The van der Waals surface area contributed by atoms with Crippen molar-refractivity contribution in [3.05, 3.63) is 47.8 Å². The standard InChI is InChI=1S/C13H14F2N4O/c1-8(7-19-6-2-5-17-19)18-13(20)11-9(14)3-4-10(16)12(11)15/h2-6,8H,7,16H2,1H3,(H,18,20). The summed E-state index contributed by atoms with van der Waals surface area (Å²) in [6.45, 7) is 2.10.